The summed E-state index contributed by atoms with van der Waals surface area (Å²) in [7, 11) is 1.53. The number of benzene rings is 2. The molecule has 1 fully saturated rings. The fourth-order valence-corrected chi connectivity index (χ4v) is 4.17. The molecule has 0 unspecified atom stereocenters. The molecule has 0 aliphatic carbocycles. The lowest BCUT2D eigenvalue weighted by molar-refractivity contribution is -0.116. The van der Waals surface area contributed by atoms with Crippen molar-refractivity contribution in [2.24, 2.45) is 5.92 Å². The van der Waals surface area contributed by atoms with Gasteiger partial charge < -0.3 is 15.0 Å². The van der Waals surface area contributed by atoms with Crippen molar-refractivity contribution in [2.75, 3.05) is 30.4 Å². The van der Waals surface area contributed by atoms with Gasteiger partial charge in [-0.2, -0.15) is 4.98 Å². The summed E-state index contributed by atoms with van der Waals surface area (Å²) in [5, 5.41) is 4.05. The number of carbonyl (C=O) groups is 1. The number of halogens is 1. The second kappa shape index (κ2) is 8.98. The molecule has 31 heavy (non-hydrogen) atoms. The first kappa shape index (κ1) is 21.2. The van der Waals surface area contributed by atoms with Crippen LogP contribution in [0.1, 0.15) is 19.8 Å². The first-order chi connectivity index (χ1) is 15.0. The van der Waals surface area contributed by atoms with Crippen LogP contribution < -0.4 is 20.6 Å². The third-order valence-corrected chi connectivity index (χ3v) is 5.98. The Balaban J connectivity index is 1.61. The number of ether oxygens (including phenoxy) is 1. The molecule has 0 bridgehead atoms. The Labute approximate surface area is 185 Å². The Morgan fingerprint density at radius 2 is 1.97 bits per heavy atom. The predicted octanol–water partition coefficient (Wildman–Crippen LogP) is 3.93. The van der Waals surface area contributed by atoms with Crippen LogP contribution in [-0.4, -0.2) is 35.7 Å². The maximum Gasteiger partial charge on any atom is 0.350 e. The van der Waals surface area contributed by atoms with Crippen molar-refractivity contribution >= 4 is 39.9 Å². The van der Waals surface area contributed by atoms with Crippen LogP contribution in [0.5, 0.6) is 5.75 Å². The summed E-state index contributed by atoms with van der Waals surface area (Å²) in [5.74, 6) is 1.56. The summed E-state index contributed by atoms with van der Waals surface area (Å²) in [4.78, 5) is 32.1. The Morgan fingerprint density at radius 1 is 1.23 bits per heavy atom. The molecule has 7 nitrogen and oxygen atoms in total. The van der Waals surface area contributed by atoms with E-state index in [1.54, 1.807) is 18.2 Å². The number of fused-ring (bicyclic) bond motifs is 1. The highest BCUT2D eigenvalue weighted by atomic mass is 35.5. The summed E-state index contributed by atoms with van der Waals surface area (Å²) in [6, 6.07) is 12.6. The van der Waals surface area contributed by atoms with E-state index in [1.165, 1.54) is 11.7 Å². The number of aromatic nitrogens is 2. The quantitative estimate of drug-likeness (QED) is 0.650. The van der Waals surface area contributed by atoms with Crippen molar-refractivity contribution < 1.29 is 9.53 Å². The molecular formula is C23H25ClN4O3. The van der Waals surface area contributed by atoms with Gasteiger partial charge in [-0.25, -0.2) is 4.79 Å². The summed E-state index contributed by atoms with van der Waals surface area (Å²) in [6.45, 7) is 3.85. The standard InChI is InChI=1S/C23H25ClN4O3/c1-15-9-11-27(12-10-15)22-17-5-3-4-6-19(17)28(23(30)26-22)14-21(29)25-16-7-8-20(31-2)18(24)13-16/h3-8,13,15H,9-12,14H2,1-2H3,(H,25,29). The number of rotatable bonds is 5. The van der Waals surface area contributed by atoms with Gasteiger partial charge in [-0.15, -0.1) is 0 Å². The van der Waals surface area contributed by atoms with Crippen LogP contribution in [0, 0.1) is 5.92 Å². The fraction of sp³-hybridized carbons (Fsp3) is 0.348. The fourth-order valence-electron chi connectivity index (χ4n) is 3.91. The summed E-state index contributed by atoms with van der Waals surface area (Å²) in [5.41, 5.74) is 0.787. The highest BCUT2D eigenvalue weighted by Crippen LogP contribution is 2.28. The number of piperidine rings is 1. The molecule has 0 atom stereocenters. The summed E-state index contributed by atoms with van der Waals surface area (Å²) in [6.07, 6.45) is 2.15. The Morgan fingerprint density at radius 3 is 2.68 bits per heavy atom. The summed E-state index contributed by atoms with van der Waals surface area (Å²) >= 11 is 6.13. The van der Waals surface area contributed by atoms with Gasteiger partial charge in [-0.3, -0.25) is 9.36 Å². The van der Waals surface area contributed by atoms with E-state index in [4.69, 9.17) is 16.3 Å². The lowest BCUT2D eigenvalue weighted by Gasteiger charge is -2.32. The van der Waals surface area contributed by atoms with Crippen LogP contribution in [0.25, 0.3) is 10.9 Å². The molecule has 1 amide bonds. The monoisotopic (exact) mass is 440 g/mol. The molecule has 4 rings (SSSR count). The molecule has 3 aromatic rings. The predicted molar refractivity (Wildman–Crippen MR) is 123 cm³/mol. The molecule has 1 aliphatic rings. The zero-order valence-electron chi connectivity index (χ0n) is 17.6. The van der Waals surface area contributed by atoms with Crippen molar-refractivity contribution in [3.63, 3.8) is 0 Å². The first-order valence-electron chi connectivity index (χ1n) is 10.3. The lowest BCUT2D eigenvalue weighted by Crippen LogP contribution is -2.37. The molecule has 0 spiro atoms. The minimum Gasteiger partial charge on any atom is -0.495 e. The molecule has 0 radical (unpaired) electrons. The minimum atomic E-state index is -0.435. The second-order valence-electron chi connectivity index (χ2n) is 7.89. The number of methoxy groups -OCH3 is 1. The van der Waals surface area contributed by atoms with Crippen molar-refractivity contribution in [2.45, 2.75) is 26.3 Å². The van der Waals surface area contributed by atoms with Crippen molar-refractivity contribution in [3.05, 3.63) is 58.0 Å². The van der Waals surface area contributed by atoms with E-state index in [0.29, 0.717) is 33.7 Å². The number of para-hydroxylation sites is 1. The number of amides is 1. The van der Waals surface area contributed by atoms with E-state index in [9.17, 15) is 9.59 Å². The third-order valence-electron chi connectivity index (χ3n) is 5.69. The summed E-state index contributed by atoms with van der Waals surface area (Å²) < 4.78 is 6.54. The molecule has 1 aromatic heterocycles. The lowest BCUT2D eigenvalue weighted by atomic mass is 9.99. The van der Waals surface area contributed by atoms with Gasteiger partial charge in [0.25, 0.3) is 0 Å². The van der Waals surface area contributed by atoms with E-state index in [2.05, 4.69) is 22.1 Å². The molecular weight excluding hydrogens is 416 g/mol. The maximum absolute atomic E-state index is 12.9. The Kier molecular flexibility index (Phi) is 6.13. The molecule has 2 heterocycles. The molecule has 0 saturated carbocycles. The highest BCUT2D eigenvalue weighted by Gasteiger charge is 2.21. The highest BCUT2D eigenvalue weighted by molar-refractivity contribution is 6.32. The van der Waals surface area contributed by atoms with E-state index in [-0.39, 0.29) is 12.5 Å². The zero-order valence-corrected chi connectivity index (χ0v) is 18.4. The Hall–Kier alpha value is -3.06. The van der Waals surface area contributed by atoms with Crippen molar-refractivity contribution in [1.29, 1.82) is 0 Å². The van der Waals surface area contributed by atoms with Gasteiger partial charge in [-0.1, -0.05) is 30.7 Å². The minimum absolute atomic E-state index is 0.146. The number of anilines is 2. The van der Waals surface area contributed by atoms with Crippen LogP contribution in [0.3, 0.4) is 0 Å². The average molecular weight is 441 g/mol. The molecule has 1 N–H and O–H groups in total. The number of nitrogens with one attached hydrogen (secondary N) is 1. The number of carbonyl (C=O) groups excluding carboxylic acids is 1. The number of hydrogen-bond acceptors (Lipinski definition) is 5. The smallest absolute Gasteiger partial charge is 0.350 e. The van der Waals surface area contributed by atoms with Gasteiger partial charge in [0.1, 0.15) is 18.1 Å². The molecule has 1 saturated heterocycles. The van der Waals surface area contributed by atoms with E-state index < -0.39 is 5.69 Å². The van der Waals surface area contributed by atoms with Crippen LogP contribution in [0.4, 0.5) is 11.5 Å². The maximum atomic E-state index is 12.9. The van der Waals surface area contributed by atoms with E-state index >= 15 is 0 Å². The topological polar surface area (TPSA) is 76.5 Å². The van der Waals surface area contributed by atoms with Gasteiger partial charge in [0.15, 0.2) is 0 Å². The third kappa shape index (κ3) is 4.51. The van der Waals surface area contributed by atoms with Crippen LogP contribution >= 0.6 is 11.6 Å². The van der Waals surface area contributed by atoms with Gasteiger partial charge in [0.2, 0.25) is 5.91 Å². The number of hydrogen-bond donors (Lipinski definition) is 1. The molecule has 1 aliphatic heterocycles. The van der Waals surface area contributed by atoms with Gasteiger partial charge >= 0.3 is 5.69 Å². The molecule has 162 valence electrons. The van der Waals surface area contributed by atoms with E-state index in [0.717, 1.165) is 31.3 Å². The van der Waals surface area contributed by atoms with E-state index in [1.807, 2.05) is 24.3 Å². The molecule has 8 heteroatoms. The largest absolute Gasteiger partial charge is 0.495 e. The van der Waals surface area contributed by atoms with Crippen molar-refractivity contribution in [1.82, 2.24) is 9.55 Å². The zero-order chi connectivity index (χ0) is 22.0. The average Bonchev–Trinajstić information content (AvgIpc) is 2.76. The normalized spacial score (nSPS) is 14.6. The first-order valence-corrected chi connectivity index (χ1v) is 10.7. The van der Waals surface area contributed by atoms with Crippen LogP contribution in [0.15, 0.2) is 47.3 Å². The molecule has 2 aromatic carbocycles. The second-order valence-corrected chi connectivity index (χ2v) is 8.30. The Bertz CT molecular complexity index is 1170. The van der Waals surface area contributed by atoms with Gasteiger partial charge in [0.05, 0.1) is 17.6 Å². The van der Waals surface area contributed by atoms with Gasteiger partial charge in [-0.05, 0) is 49.1 Å². The SMILES string of the molecule is COc1ccc(NC(=O)Cn2c(=O)nc(N3CCC(C)CC3)c3ccccc32)cc1Cl. The van der Waals surface area contributed by atoms with Crippen molar-refractivity contribution in [3.8, 4) is 5.75 Å². The van der Waals surface area contributed by atoms with Crippen LogP contribution in [-0.2, 0) is 11.3 Å². The van der Waals surface area contributed by atoms with Crippen LogP contribution in [0.2, 0.25) is 5.02 Å². The van der Waals surface area contributed by atoms with Gasteiger partial charge in [0, 0.05) is 24.2 Å². The number of nitrogens with zero attached hydrogens (tertiary/aromatic N) is 3.